The van der Waals surface area contributed by atoms with E-state index in [1.54, 1.807) is 12.3 Å². The molecule has 0 radical (unpaired) electrons. The van der Waals surface area contributed by atoms with E-state index in [4.69, 9.17) is 16.6 Å². The normalized spacial score (nSPS) is 11.3. The number of carbonyl (C=O) groups excluding carboxylic acids is 1. The van der Waals surface area contributed by atoms with Crippen molar-refractivity contribution in [3.05, 3.63) is 64.1 Å². The second-order valence-electron chi connectivity index (χ2n) is 6.88. The first kappa shape index (κ1) is 18.4. The zero-order valence-corrected chi connectivity index (χ0v) is 16.7. The number of rotatable bonds is 4. The van der Waals surface area contributed by atoms with Gasteiger partial charge in [0.05, 0.1) is 5.39 Å². The number of hydrogen-bond acceptors (Lipinski definition) is 4. The zero-order chi connectivity index (χ0) is 19.8. The lowest BCUT2D eigenvalue weighted by Gasteiger charge is -2.11. The lowest BCUT2D eigenvalue weighted by Crippen LogP contribution is -2.14. The van der Waals surface area contributed by atoms with Crippen molar-refractivity contribution < 1.29 is 4.79 Å². The number of carbonyl (C=O) groups is 1. The summed E-state index contributed by atoms with van der Waals surface area (Å²) in [4.78, 5) is 21.4. The van der Waals surface area contributed by atoms with Gasteiger partial charge in [0, 0.05) is 34.7 Å². The second kappa shape index (κ2) is 7.20. The Morgan fingerprint density at radius 3 is 2.82 bits per heavy atom. The second-order valence-corrected chi connectivity index (χ2v) is 7.29. The number of aromatic nitrogens is 4. The molecule has 0 bridgehead atoms. The molecule has 3 aromatic heterocycles. The highest BCUT2D eigenvalue weighted by atomic mass is 35.5. The van der Waals surface area contributed by atoms with E-state index in [9.17, 15) is 4.79 Å². The number of hydrogen-bond donors (Lipinski definition) is 1. The first-order valence-electron chi connectivity index (χ1n) is 9.09. The molecule has 28 heavy (non-hydrogen) atoms. The molecule has 1 amide bonds. The molecule has 1 aromatic carbocycles. The van der Waals surface area contributed by atoms with Crippen LogP contribution in [0.4, 0.5) is 5.69 Å². The van der Waals surface area contributed by atoms with Crippen molar-refractivity contribution >= 4 is 39.9 Å². The number of aryl methyl sites for hydroxylation is 3. The van der Waals surface area contributed by atoms with Gasteiger partial charge in [0.15, 0.2) is 11.3 Å². The summed E-state index contributed by atoms with van der Waals surface area (Å²) in [5, 5.41) is 9.02. The predicted octanol–water partition coefficient (Wildman–Crippen LogP) is 4.43. The van der Waals surface area contributed by atoms with Crippen molar-refractivity contribution in [2.75, 3.05) is 5.32 Å². The molecule has 0 spiro atoms. The van der Waals surface area contributed by atoms with Crippen molar-refractivity contribution in [3.63, 3.8) is 0 Å². The molecule has 142 valence electrons. The lowest BCUT2D eigenvalue weighted by atomic mass is 10.1. The van der Waals surface area contributed by atoms with Crippen molar-refractivity contribution in [2.24, 2.45) is 0 Å². The number of halogens is 1. The van der Waals surface area contributed by atoms with Crippen LogP contribution in [-0.4, -0.2) is 25.5 Å². The van der Waals surface area contributed by atoms with E-state index in [1.807, 2.05) is 49.6 Å². The Morgan fingerprint density at radius 1 is 1.21 bits per heavy atom. The van der Waals surface area contributed by atoms with Gasteiger partial charge in [-0.25, -0.2) is 14.5 Å². The molecular formula is C21H20ClN5O. The van der Waals surface area contributed by atoms with Crippen molar-refractivity contribution in [2.45, 2.75) is 33.6 Å². The summed E-state index contributed by atoms with van der Waals surface area (Å²) < 4.78 is 1.82. The van der Waals surface area contributed by atoms with Gasteiger partial charge in [0.1, 0.15) is 0 Å². The van der Waals surface area contributed by atoms with E-state index in [0.29, 0.717) is 29.2 Å². The van der Waals surface area contributed by atoms with E-state index in [-0.39, 0.29) is 5.91 Å². The van der Waals surface area contributed by atoms with Gasteiger partial charge in [-0.15, -0.1) is 5.10 Å². The lowest BCUT2D eigenvalue weighted by molar-refractivity contribution is -0.116. The standard InChI is InChI=1S/C21H20ClN5O/c1-12-6-7-15(11-18(12)22)25-19(28)9-8-16-13(2)24-21-17-5-4-10-23-20(17)26-27(21)14(16)3/h4-7,10-11H,8-9H2,1-3H3,(H,25,28). The Labute approximate surface area is 167 Å². The third-order valence-corrected chi connectivity index (χ3v) is 5.35. The molecule has 0 saturated heterocycles. The number of pyridine rings is 1. The van der Waals surface area contributed by atoms with E-state index in [2.05, 4.69) is 15.4 Å². The maximum atomic E-state index is 12.4. The first-order chi connectivity index (χ1) is 13.4. The van der Waals surface area contributed by atoms with Crippen LogP contribution in [0.2, 0.25) is 5.02 Å². The van der Waals surface area contributed by atoms with Crippen LogP contribution in [0.25, 0.3) is 16.7 Å². The summed E-state index contributed by atoms with van der Waals surface area (Å²) in [6, 6.07) is 9.36. The molecular weight excluding hydrogens is 374 g/mol. The Hall–Kier alpha value is -2.99. The summed E-state index contributed by atoms with van der Waals surface area (Å²) >= 11 is 6.13. The number of nitrogens with one attached hydrogen (secondary N) is 1. The van der Waals surface area contributed by atoms with Gasteiger partial charge in [-0.2, -0.15) is 0 Å². The zero-order valence-electron chi connectivity index (χ0n) is 16.0. The van der Waals surface area contributed by atoms with Crippen LogP contribution >= 0.6 is 11.6 Å². The molecule has 3 heterocycles. The quantitative estimate of drug-likeness (QED) is 0.556. The fourth-order valence-corrected chi connectivity index (χ4v) is 3.54. The number of anilines is 1. The molecule has 0 aliphatic heterocycles. The average Bonchev–Trinajstić information content (AvgIpc) is 3.03. The fourth-order valence-electron chi connectivity index (χ4n) is 3.36. The van der Waals surface area contributed by atoms with Crippen LogP contribution in [0.15, 0.2) is 36.5 Å². The molecule has 6 nitrogen and oxygen atoms in total. The van der Waals surface area contributed by atoms with Crippen LogP contribution in [0, 0.1) is 20.8 Å². The molecule has 0 atom stereocenters. The van der Waals surface area contributed by atoms with E-state index >= 15 is 0 Å². The van der Waals surface area contributed by atoms with E-state index in [0.717, 1.165) is 33.5 Å². The molecule has 4 rings (SSSR count). The third-order valence-electron chi connectivity index (χ3n) is 4.95. The number of nitrogens with zero attached hydrogens (tertiary/aromatic N) is 4. The molecule has 1 N–H and O–H groups in total. The van der Waals surface area contributed by atoms with Gasteiger partial charge in [0.2, 0.25) is 5.91 Å². The van der Waals surface area contributed by atoms with Crippen LogP contribution in [-0.2, 0) is 11.2 Å². The van der Waals surface area contributed by atoms with Crippen molar-refractivity contribution in [1.82, 2.24) is 19.6 Å². The minimum Gasteiger partial charge on any atom is -0.326 e. The molecule has 0 fully saturated rings. The van der Waals surface area contributed by atoms with E-state index in [1.165, 1.54) is 0 Å². The highest BCUT2D eigenvalue weighted by Crippen LogP contribution is 2.23. The molecule has 0 aliphatic carbocycles. The van der Waals surface area contributed by atoms with Crippen LogP contribution in [0.3, 0.4) is 0 Å². The van der Waals surface area contributed by atoms with Gasteiger partial charge in [-0.05, 0) is 62.6 Å². The maximum Gasteiger partial charge on any atom is 0.224 e. The third kappa shape index (κ3) is 3.31. The highest BCUT2D eigenvalue weighted by molar-refractivity contribution is 6.31. The van der Waals surface area contributed by atoms with Gasteiger partial charge in [0.25, 0.3) is 0 Å². The largest absolute Gasteiger partial charge is 0.326 e. The van der Waals surface area contributed by atoms with Crippen molar-refractivity contribution in [3.8, 4) is 0 Å². The topological polar surface area (TPSA) is 72.2 Å². The van der Waals surface area contributed by atoms with Crippen LogP contribution in [0.1, 0.15) is 28.9 Å². The fraction of sp³-hybridized carbons (Fsp3) is 0.238. The molecule has 0 unspecified atom stereocenters. The minimum atomic E-state index is -0.0638. The Kier molecular flexibility index (Phi) is 4.73. The summed E-state index contributed by atoms with van der Waals surface area (Å²) in [6.07, 6.45) is 2.65. The molecule has 4 aromatic rings. The summed E-state index contributed by atoms with van der Waals surface area (Å²) in [7, 11) is 0. The predicted molar refractivity (Wildman–Crippen MR) is 111 cm³/mol. The average molecular weight is 394 g/mol. The number of fused-ring (bicyclic) bond motifs is 3. The van der Waals surface area contributed by atoms with E-state index < -0.39 is 0 Å². The maximum absolute atomic E-state index is 12.4. The Bertz CT molecular complexity index is 1210. The van der Waals surface area contributed by atoms with Crippen LogP contribution in [0.5, 0.6) is 0 Å². The Balaban J connectivity index is 1.56. The Morgan fingerprint density at radius 2 is 2.04 bits per heavy atom. The molecule has 0 saturated carbocycles. The van der Waals surface area contributed by atoms with Gasteiger partial charge < -0.3 is 5.32 Å². The molecule has 7 heteroatoms. The monoisotopic (exact) mass is 393 g/mol. The SMILES string of the molecule is Cc1ccc(NC(=O)CCc2c(C)nc3c4cccnc4nn3c2C)cc1Cl. The smallest absolute Gasteiger partial charge is 0.224 e. The van der Waals surface area contributed by atoms with Gasteiger partial charge in [-0.3, -0.25) is 4.79 Å². The number of benzene rings is 1. The first-order valence-corrected chi connectivity index (χ1v) is 9.47. The minimum absolute atomic E-state index is 0.0638. The highest BCUT2D eigenvalue weighted by Gasteiger charge is 2.15. The number of amides is 1. The van der Waals surface area contributed by atoms with Crippen LogP contribution < -0.4 is 5.32 Å². The summed E-state index contributed by atoms with van der Waals surface area (Å²) in [5.41, 5.74) is 6.05. The van der Waals surface area contributed by atoms with Gasteiger partial charge in [-0.1, -0.05) is 17.7 Å². The summed E-state index contributed by atoms with van der Waals surface area (Å²) in [5.74, 6) is -0.0638. The summed E-state index contributed by atoms with van der Waals surface area (Å²) in [6.45, 7) is 5.90. The van der Waals surface area contributed by atoms with Gasteiger partial charge >= 0.3 is 0 Å². The molecule has 0 aliphatic rings. The van der Waals surface area contributed by atoms with Crippen molar-refractivity contribution in [1.29, 1.82) is 0 Å².